The zero-order chi connectivity index (χ0) is 15.3. The third kappa shape index (κ3) is 1.97. The minimum Gasteiger partial charge on any atom is -0.508 e. The minimum absolute atomic E-state index is 0.00245. The van der Waals surface area contributed by atoms with Crippen LogP contribution in [0.25, 0.3) is 0 Å². The SMILES string of the molecule is COC(=O)[C@]1(C)CCC[C@]2(C)c3ccc(O)cc3CC[C@@H]12. The molecule has 0 unspecified atom stereocenters. The molecule has 2 aliphatic rings. The molecule has 3 heteroatoms. The fourth-order valence-corrected chi connectivity index (χ4v) is 4.96. The molecule has 114 valence electrons. The van der Waals surface area contributed by atoms with Gasteiger partial charge in [-0.05, 0) is 67.2 Å². The van der Waals surface area contributed by atoms with Crippen LogP contribution in [0.4, 0.5) is 0 Å². The Morgan fingerprint density at radius 1 is 1.33 bits per heavy atom. The van der Waals surface area contributed by atoms with Gasteiger partial charge in [0.1, 0.15) is 5.75 Å². The number of esters is 1. The van der Waals surface area contributed by atoms with E-state index in [0.717, 1.165) is 32.1 Å². The Morgan fingerprint density at radius 2 is 2.10 bits per heavy atom. The van der Waals surface area contributed by atoms with Crippen molar-refractivity contribution in [3.63, 3.8) is 0 Å². The summed E-state index contributed by atoms with van der Waals surface area (Å²) < 4.78 is 5.11. The number of phenols is 1. The van der Waals surface area contributed by atoms with Crippen molar-refractivity contribution < 1.29 is 14.6 Å². The summed E-state index contributed by atoms with van der Waals surface area (Å²) >= 11 is 0. The van der Waals surface area contributed by atoms with E-state index in [1.165, 1.54) is 18.2 Å². The van der Waals surface area contributed by atoms with Gasteiger partial charge in [0.2, 0.25) is 0 Å². The standard InChI is InChI=1S/C18H24O3/c1-17-9-4-10-18(2,16(20)21-3)15(17)8-5-12-11-13(19)6-7-14(12)17/h6-7,11,15,19H,4-5,8-10H2,1-3H3/t15-,17-,18-/m1/s1. The molecule has 3 rings (SSSR count). The van der Waals surface area contributed by atoms with Gasteiger partial charge in [-0.15, -0.1) is 0 Å². The van der Waals surface area contributed by atoms with Crippen LogP contribution in [-0.2, 0) is 21.4 Å². The number of rotatable bonds is 1. The van der Waals surface area contributed by atoms with Gasteiger partial charge in [-0.25, -0.2) is 0 Å². The third-order valence-electron chi connectivity index (χ3n) is 5.99. The zero-order valence-electron chi connectivity index (χ0n) is 13.1. The Labute approximate surface area is 126 Å². The van der Waals surface area contributed by atoms with E-state index in [1.54, 1.807) is 6.07 Å². The number of aryl methyl sites for hydroxylation is 1. The summed E-state index contributed by atoms with van der Waals surface area (Å²) in [4.78, 5) is 12.4. The average molecular weight is 288 g/mol. The van der Waals surface area contributed by atoms with E-state index < -0.39 is 5.41 Å². The summed E-state index contributed by atoms with van der Waals surface area (Å²) in [5.74, 6) is 0.575. The van der Waals surface area contributed by atoms with Gasteiger partial charge in [-0.2, -0.15) is 0 Å². The average Bonchev–Trinajstić information content (AvgIpc) is 2.45. The molecule has 0 spiro atoms. The largest absolute Gasteiger partial charge is 0.508 e. The highest BCUT2D eigenvalue weighted by atomic mass is 16.5. The summed E-state index contributed by atoms with van der Waals surface area (Å²) in [5.41, 5.74) is 2.16. The molecule has 0 amide bonds. The lowest BCUT2D eigenvalue weighted by atomic mass is 9.50. The Bertz CT molecular complexity index is 580. The number of methoxy groups -OCH3 is 1. The predicted molar refractivity (Wildman–Crippen MR) is 81.2 cm³/mol. The number of aromatic hydroxyl groups is 1. The Kier molecular flexibility index (Phi) is 3.27. The molecule has 0 heterocycles. The van der Waals surface area contributed by atoms with E-state index in [4.69, 9.17) is 4.74 Å². The third-order valence-corrected chi connectivity index (χ3v) is 5.99. The maximum absolute atomic E-state index is 12.4. The number of phenolic OH excluding ortho intramolecular Hbond substituents is 1. The Morgan fingerprint density at radius 3 is 2.81 bits per heavy atom. The lowest BCUT2D eigenvalue weighted by molar-refractivity contribution is -0.161. The van der Waals surface area contributed by atoms with Crippen molar-refractivity contribution in [2.75, 3.05) is 7.11 Å². The van der Waals surface area contributed by atoms with Gasteiger partial charge in [0, 0.05) is 0 Å². The van der Waals surface area contributed by atoms with Crippen molar-refractivity contribution in [1.29, 1.82) is 0 Å². The second-order valence-corrected chi connectivity index (χ2v) is 7.11. The van der Waals surface area contributed by atoms with Gasteiger partial charge in [0.15, 0.2) is 0 Å². The van der Waals surface area contributed by atoms with Crippen molar-refractivity contribution >= 4 is 5.97 Å². The number of carbonyl (C=O) groups is 1. The van der Waals surface area contributed by atoms with Crippen LogP contribution in [-0.4, -0.2) is 18.2 Å². The molecule has 3 nitrogen and oxygen atoms in total. The summed E-state index contributed by atoms with van der Waals surface area (Å²) in [6, 6.07) is 5.72. The van der Waals surface area contributed by atoms with Crippen LogP contribution in [0.5, 0.6) is 5.75 Å². The van der Waals surface area contributed by atoms with E-state index in [-0.39, 0.29) is 11.4 Å². The lowest BCUT2D eigenvalue weighted by Gasteiger charge is -2.54. The zero-order valence-corrected chi connectivity index (χ0v) is 13.1. The molecule has 1 fully saturated rings. The quantitative estimate of drug-likeness (QED) is 0.803. The molecule has 3 atom stereocenters. The highest BCUT2D eigenvalue weighted by Crippen LogP contribution is 2.57. The first kappa shape index (κ1) is 14.4. The van der Waals surface area contributed by atoms with Gasteiger partial charge < -0.3 is 9.84 Å². The molecule has 0 aliphatic heterocycles. The van der Waals surface area contributed by atoms with Crippen LogP contribution in [0, 0.1) is 11.3 Å². The molecule has 0 radical (unpaired) electrons. The molecular formula is C18H24O3. The molecule has 0 aromatic heterocycles. The predicted octanol–water partition coefficient (Wildman–Crippen LogP) is 3.58. The Hall–Kier alpha value is -1.51. The minimum atomic E-state index is -0.392. The van der Waals surface area contributed by atoms with Crippen LogP contribution in [0.1, 0.15) is 50.7 Å². The van der Waals surface area contributed by atoms with Crippen LogP contribution < -0.4 is 0 Å². The van der Waals surface area contributed by atoms with Crippen molar-refractivity contribution in [1.82, 2.24) is 0 Å². The van der Waals surface area contributed by atoms with Gasteiger partial charge in [-0.1, -0.05) is 19.4 Å². The Balaban J connectivity index is 2.09. The summed E-state index contributed by atoms with van der Waals surface area (Å²) in [6.45, 7) is 4.36. The highest BCUT2D eigenvalue weighted by molar-refractivity contribution is 5.77. The first-order chi connectivity index (χ1) is 9.91. The first-order valence-corrected chi connectivity index (χ1v) is 7.82. The summed E-state index contributed by atoms with van der Waals surface area (Å²) in [5, 5.41) is 9.72. The van der Waals surface area contributed by atoms with Gasteiger partial charge in [0.05, 0.1) is 12.5 Å². The van der Waals surface area contributed by atoms with Crippen LogP contribution in [0.3, 0.4) is 0 Å². The first-order valence-electron chi connectivity index (χ1n) is 7.82. The van der Waals surface area contributed by atoms with Crippen molar-refractivity contribution in [3.05, 3.63) is 29.3 Å². The topological polar surface area (TPSA) is 46.5 Å². The molecule has 0 bridgehead atoms. The van der Waals surface area contributed by atoms with Gasteiger partial charge in [-0.3, -0.25) is 4.79 Å². The molecule has 1 saturated carbocycles. The number of carbonyl (C=O) groups excluding carboxylic acids is 1. The smallest absolute Gasteiger partial charge is 0.311 e. The van der Waals surface area contributed by atoms with E-state index >= 15 is 0 Å². The molecule has 2 aliphatic carbocycles. The van der Waals surface area contributed by atoms with Gasteiger partial charge >= 0.3 is 5.97 Å². The van der Waals surface area contributed by atoms with Crippen molar-refractivity contribution in [2.45, 2.75) is 51.4 Å². The molecule has 1 aromatic carbocycles. The monoisotopic (exact) mass is 288 g/mol. The lowest BCUT2D eigenvalue weighted by Crippen LogP contribution is -2.52. The number of hydrogen-bond donors (Lipinski definition) is 1. The van der Waals surface area contributed by atoms with Crippen molar-refractivity contribution in [2.24, 2.45) is 11.3 Å². The highest BCUT2D eigenvalue weighted by Gasteiger charge is 2.55. The fourth-order valence-electron chi connectivity index (χ4n) is 4.96. The number of hydrogen-bond acceptors (Lipinski definition) is 3. The second kappa shape index (κ2) is 4.75. The molecule has 1 N–H and O–H groups in total. The summed E-state index contributed by atoms with van der Waals surface area (Å²) in [6.07, 6.45) is 4.96. The number of benzene rings is 1. The number of fused-ring (bicyclic) bond motifs is 3. The van der Waals surface area contributed by atoms with E-state index in [1.807, 2.05) is 6.07 Å². The van der Waals surface area contributed by atoms with E-state index in [0.29, 0.717) is 11.7 Å². The van der Waals surface area contributed by atoms with Crippen LogP contribution >= 0.6 is 0 Å². The van der Waals surface area contributed by atoms with E-state index in [9.17, 15) is 9.90 Å². The van der Waals surface area contributed by atoms with Crippen LogP contribution in [0.15, 0.2) is 18.2 Å². The van der Waals surface area contributed by atoms with E-state index in [2.05, 4.69) is 19.9 Å². The molecule has 1 aromatic rings. The van der Waals surface area contributed by atoms with Crippen LogP contribution in [0.2, 0.25) is 0 Å². The van der Waals surface area contributed by atoms with Crippen molar-refractivity contribution in [3.8, 4) is 5.75 Å². The maximum Gasteiger partial charge on any atom is 0.311 e. The fraction of sp³-hybridized carbons (Fsp3) is 0.611. The number of ether oxygens (including phenoxy) is 1. The molecular weight excluding hydrogens is 264 g/mol. The summed E-state index contributed by atoms with van der Waals surface area (Å²) in [7, 11) is 1.49. The van der Waals surface area contributed by atoms with Gasteiger partial charge in [0.25, 0.3) is 0 Å². The molecule has 0 saturated heterocycles. The normalized spacial score (nSPS) is 34.7. The molecule has 21 heavy (non-hydrogen) atoms. The second-order valence-electron chi connectivity index (χ2n) is 7.11. The maximum atomic E-state index is 12.4.